The third kappa shape index (κ3) is 6.97. The lowest BCUT2D eigenvalue weighted by molar-refractivity contribution is -0.140. The Morgan fingerprint density at radius 3 is 2.32 bits per heavy atom. The Bertz CT molecular complexity index is 406. The van der Waals surface area contributed by atoms with Crippen molar-refractivity contribution in [3.8, 4) is 0 Å². The van der Waals surface area contributed by atoms with Crippen LogP contribution < -0.4 is 4.72 Å². The predicted octanol–water partition coefficient (Wildman–Crippen LogP) is 0.251. The van der Waals surface area contributed by atoms with E-state index in [2.05, 4.69) is 9.47 Å². The molecule has 0 heterocycles. The van der Waals surface area contributed by atoms with Crippen molar-refractivity contribution in [2.24, 2.45) is 0 Å². The van der Waals surface area contributed by atoms with Gasteiger partial charge in [-0.1, -0.05) is 6.92 Å². The van der Waals surface area contributed by atoms with Crippen LogP contribution in [0.15, 0.2) is 0 Å². The zero-order chi connectivity index (χ0) is 15.1. The molecular formula is C10H20N2O6S. The Labute approximate surface area is 113 Å². The number of amides is 1. The van der Waals surface area contributed by atoms with Crippen LogP contribution in [0.4, 0.5) is 4.79 Å². The van der Waals surface area contributed by atoms with Gasteiger partial charge in [0.1, 0.15) is 6.54 Å². The number of carbonyl (C=O) groups excluding carboxylic acids is 2. The first kappa shape index (κ1) is 17.6. The average molecular weight is 296 g/mol. The quantitative estimate of drug-likeness (QED) is 0.676. The second kappa shape index (κ2) is 7.95. The molecule has 0 bridgehead atoms. The SMILES string of the molecule is CCCN(CC(=O)OC)S(=O)(=O)NC(=O)OC(C)C. The van der Waals surface area contributed by atoms with E-state index in [1.165, 1.54) is 0 Å². The standard InChI is InChI=1S/C10H20N2O6S/c1-5-6-12(7-9(13)17-4)19(15,16)11-10(14)18-8(2)3/h8H,5-7H2,1-4H3,(H,11,14). The molecule has 0 saturated carbocycles. The highest BCUT2D eigenvalue weighted by atomic mass is 32.2. The lowest BCUT2D eigenvalue weighted by Crippen LogP contribution is -2.46. The summed E-state index contributed by atoms with van der Waals surface area (Å²) in [5.74, 6) is -0.712. The van der Waals surface area contributed by atoms with Gasteiger partial charge >= 0.3 is 22.3 Å². The molecule has 0 radical (unpaired) electrons. The summed E-state index contributed by atoms with van der Waals surface area (Å²) in [5, 5.41) is 0. The maximum Gasteiger partial charge on any atom is 0.422 e. The molecule has 0 aliphatic rings. The van der Waals surface area contributed by atoms with E-state index in [0.717, 1.165) is 11.4 Å². The lowest BCUT2D eigenvalue weighted by atomic mass is 10.5. The topological polar surface area (TPSA) is 102 Å². The van der Waals surface area contributed by atoms with Gasteiger partial charge in [0.25, 0.3) is 0 Å². The van der Waals surface area contributed by atoms with Gasteiger partial charge in [-0.25, -0.2) is 9.52 Å². The molecule has 0 aliphatic carbocycles. The first-order valence-corrected chi connectivity index (χ1v) is 7.22. The normalized spacial score (nSPS) is 11.5. The highest BCUT2D eigenvalue weighted by Gasteiger charge is 2.27. The van der Waals surface area contributed by atoms with Crippen LogP contribution in [0.2, 0.25) is 0 Å². The number of nitrogens with zero attached hydrogens (tertiary/aromatic N) is 1. The van der Waals surface area contributed by atoms with Gasteiger partial charge in [0.2, 0.25) is 0 Å². The Balaban J connectivity index is 4.79. The molecule has 0 saturated heterocycles. The van der Waals surface area contributed by atoms with Crippen molar-refractivity contribution in [3.05, 3.63) is 0 Å². The molecular weight excluding hydrogens is 276 g/mol. The third-order valence-corrected chi connectivity index (χ3v) is 3.32. The fourth-order valence-corrected chi connectivity index (χ4v) is 2.24. The molecule has 0 rings (SSSR count). The van der Waals surface area contributed by atoms with E-state index in [1.54, 1.807) is 25.5 Å². The fraction of sp³-hybridized carbons (Fsp3) is 0.800. The number of hydrogen-bond acceptors (Lipinski definition) is 6. The van der Waals surface area contributed by atoms with Crippen LogP contribution in [-0.4, -0.2) is 51.1 Å². The van der Waals surface area contributed by atoms with Crippen LogP contribution in [0.5, 0.6) is 0 Å². The number of carbonyl (C=O) groups is 2. The van der Waals surface area contributed by atoms with Crippen molar-refractivity contribution in [1.29, 1.82) is 0 Å². The number of hydrogen-bond donors (Lipinski definition) is 1. The Hall–Kier alpha value is -1.35. The van der Waals surface area contributed by atoms with E-state index >= 15 is 0 Å². The maximum absolute atomic E-state index is 11.9. The van der Waals surface area contributed by atoms with Gasteiger partial charge in [-0.05, 0) is 20.3 Å². The van der Waals surface area contributed by atoms with Crippen LogP contribution in [0.1, 0.15) is 27.2 Å². The van der Waals surface area contributed by atoms with Crippen LogP contribution in [0.3, 0.4) is 0 Å². The van der Waals surface area contributed by atoms with Crippen LogP contribution in [-0.2, 0) is 24.5 Å². The van der Waals surface area contributed by atoms with Crippen molar-refractivity contribution in [2.75, 3.05) is 20.2 Å². The van der Waals surface area contributed by atoms with Crippen LogP contribution in [0.25, 0.3) is 0 Å². The summed E-state index contributed by atoms with van der Waals surface area (Å²) >= 11 is 0. The molecule has 19 heavy (non-hydrogen) atoms. The van der Waals surface area contributed by atoms with Crippen molar-refractivity contribution < 1.29 is 27.5 Å². The van der Waals surface area contributed by atoms with Crippen molar-refractivity contribution in [3.63, 3.8) is 0 Å². The van der Waals surface area contributed by atoms with Crippen molar-refractivity contribution in [1.82, 2.24) is 9.03 Å². The minimum absolute atomic E-state index is 0.0827. The molecule has 0 aliphatic heterocycles. The molecule has 1 N–H and O–H groups in total. The highest BCUT2D eigenvalue weighted by molar-refractivity contribution is 7.87. The Morgan fingerprint density at radius 2 is 1.89 bits per heavy atom. The summed E-state index contributed by atoms with van der Waals surface area (Å²) < 4.78 is 35.4. The number of esters is 1. The van der Waals surface area contributed by atoms with E-state index < -0.39 is 34.9 Å². The molecule has 0 unspecified atom stereocenters. The summed E-state index contributed by atoms with van der Waals surface area (Å²) in [6, 6.07) is 0. The van der Waals surface area contributed by atoms with Gasteiger partial charge in [-0.2, -0.15) is 12.7 Å². The first-order chi connectivity index (χ1) is 8.72. The Morgan fingerprint density at radius 1 is 1.32 bits per heavy atom. The second-order valence-corrected chi connectivity index (χ2v) is 5.64. The molecule has 0 aromatic heterocycles. The molecule has 0 aromatic carbocycles. The Kier molecular flexibility index (Phi) is 7.38. The predicted molar refractivity (Wildman–Crippen MR) is 67.6 cm³/mol. The molecule has 0 fully saturated rings. The smallest absolute Gasteiger partial charge is 0.422 e. The first-order valence-electron chi connectivity index (χ1n) is 5.78. The lowest BCUT2D eigenvalue weighted by Gasteiger charge is -2.20. The van der Waals surface area contributed by atoms with Crippen molar-refractivity contribution >= 4 is 22.3 Å². The largest absolute Gasteiger partial charge is 0.468 e. The monoisotopic (exact) mass is 296 g/mol. The van der Waals surface area contributed by atoms with Gasteiger partial charge in [0.05, 0.1) is 13.2 Å². The van der Waals surface area contributed by atoms with Crippen molar-refractivity contribution in [2.45, 2.75) is 33.3 Å². The summed E-state index contributed by atoms with van der Waals surface area (Å²) in [6.45, 7) is 4.54. The summed E-state index contributed by atoms with van der Waals surface area (Å²) in [4.78, 5) is 22.4. The molecule has 0 aromatic rings. The van der Waals surface area contributed by atoms with E-state index in [1.807, 2.05) is 0 Å². The molecule has 112 valence electrons. The zero-order valence-electron chi connectivity index (χ0n) is 11.5. The highest BCUT2D eigenvalue weighted by Crippen LogP contribution is 2.02. The minimum Gasteiger partial charge on any atom is -0.468 e. The molecule has 1 amide bonds. The molecule has 0 spiro atoms. The third-order valence-electron chi connectivity index (χ3n) is 1.90. The number of ether oxygens (including phenoxy) is 2. The number of nitrogens with one attached hydrogen (secondary N) is 1. The van der Waals surface area contributed by atoms with Crippen LogP contribution >= 0.6 is 0 Å². The van der Waals surface area contributed by atoms with Gasteiger partial charge in [-0.3, -0.25) is 4.79 Å². The summed E-state index contributed by atoms with van der Waals surface area (Å²) in [7, 11) is -2.97. The zero-order valence-corrected chi connectivity index (χ0v) is 12.3. The number of rotatable bonds is 7. The van der Waals surface area contributed by atoms with Gasteiger partial charge in [0, 0.05) is 6.54 Å². The van der Waals surface area contributed by atoms with Gasteiger partial charge < -0.3 is 9.47 Å². The summed E-state index contributed by atoms with van der Waals surface area (Å²) in [5.41, 5.74) is 0. The van der Waals surface area contributed by atoms with Crippen LogP contribution in [0, 0.1) is 0 Å². The van der Waals surface area contributed by atoms with E-state index in [0.29, 0.717) is 6.42 Å². The maximum atomic E-state index is 11.9. The fourth-order valence-electron chi connectivity index (χ4n) is 1.15. The second-order valence-electron chi connectivity index (χ2n) is 3.97. The van der Waals surface area contributed by atoms with Gasteiger partial charge in [-0.15, -0.1) is 0 Å². The molecule has 8 nitrogen and oxygen atoms in total. The summed E-state index contributed by atoms with van der Waals surface area (Å²) in [6.07, 6.45) is -1.05. The van der Waals surface area contributed by atoms with E-state index in [4.69, 9.17) is 0 Å². The van der Waals surface area contributed by atoms with E-state index in [-0.39, 0.29) is 6.54 Å². The van der Waals surface area contributed by atoms with Gasteiger partial charge in [0.15, 0.2) is 0 Å². The van der Waals surface area contributed by atoms with E-state index in [9.17, 15) is 18.0 Å². The number of methoxy groups -OCH3 is 1. The average Bonchev–Trinajstić information content (AvgIpc) is 2.26. The molecule has 0 atom stereocenters. The minimum atomic E-state index is -4.13. The molecule has 9 heteroatoms.